The van der Waals surface area contributed by atoms with E-state index in [2.05, 4.69) is 5.32 Å². The van der Waals surface area contributed by atoms with Crippen LogP contribution in [0.4, 0.5) is 20.6 Å². The Hall–Kier alpha value is -4.88. The number of nitrogens with two attached hydrogens (primary N) is 1. The second-order valence-corrected chi connectivity index (χ2v) is 11.5. The molecular weight excluding hydrogens is 629 g/mol. The van der Waals surface area contributed by atoms with E-state index in [4.69, 9.17) is 31.8 Å². The molecule has 1 saturated heterocycles. The van der Waals surface area contributed by atoms with E-state index >= 15 is 0 Å². The number of methoxy groups -OCH3 is 2. The molecule has 0 saturated carbocycles. The predicted octanol–water partition coefficient (Wildman–Crippen LogP) is 4.52. The van der Waals surface area contributed by atoms with Gasteiger partial charge in [-0.25, -0.2) is 18.8 Å². The number of amides is 3. The fourth-order valence-corrected chi connectivity index (χ4v) is 5.72. The first kappa shape index (κ1) is 33.5. The van der Waals surface area contributed by atoms with Crippen LogP contribution in [0.1, 0.15) is 32.1 Å². The number of hydrogen-bond donors (Lipinski definition) is 2. The first-order valence-electron chi connectivity index (χ1n) is 15.2. The number of nitrogens with zero attached hydrogens (tertiary/aromatic N) is 5. The average Bonchev–Trinajstić information content (AvgIpc) is 3.09. The van der Waals surface area contributed by atoms with Gasteiger partial charge in [0, 0.05) is 29.9 Å². The van der Waals surface area contributed by atoms with Crippen molar-refractivity contribution in [2.24, 2.45) is 5.73 Å². The van der Waals surface area contributed by atoms with Crippen LogP contribution >= 0.6 is 11.6 Å². The molecule has 0 aliphatic carbocycles. The third-order valence-electron chi connectivity index (χ3n) is 8.16. The molecule has 2 heterocycles. The summed E-state index contributed by atoms with van der Waals surface area (Å²) in [5, 5.41) is 5.30. The lowest BCUT2D eigenvalue weighted by Gasteiger charge is -2.39. The van der Waals surface area contributed by atoms with Crippen LogP contribution in [0.25, 0.3) is 10.9 Å². The number of rotatable bonds is 9. The highest BCUT2D eigenvalue weighted by Crippen LogP contribution is 2.37. The minimum atomic E-state index is -0.876. The monoisotopic (exact) mass is 665 g/mol. The lowest BCUT2D eigenvalue weighted by Crippen LogP contribution is -2.58. The van der Waals surface area contributed by atoms with Crippen molar-refractivity contribution in [3.8, 4) is 11.5 Å². The number of anilines is 2. The van der Waals surface area contributed by atoms with Gasteiger partial charge in [0.15, 0.2) is 5.82 Å². The van der Waals surface area contributed by atoms with E-state index in [9.17, 15) is 18.8 Å². The van der Waals surface area contributed by atoms with Crippen molar-refractivity contribution in [3.63, 3.8) is 0 Å². The molecule has 2 unspecified atom stereocenters. The second-order valence-electron chi connectivity index (χ2n) is 11.1. The van der Waals surface area contributed by atoms with Gasteiger partial charge in [-0.2, -0.15) is 0 Å². The molecule has 2 atom stereocenters. The first-order valence-corrected chi connectivity index (χ1v) is 15.5. The minimum absolute atomic E-state index is 0.147. The lowest BCUT2D eigenvalue weighted by atomic mass is 10.1. The summed E-state index contributed by atoms with van der Waals surface area (Å²) in [5.74, 6) is 0.484. The lowest BCUT2D eigenvalue weighted by molar-refractivity contribution is -0.133. The van der Waals surface area contributed by atoms with Gasteiger partial charge >= 0.3 is 6.03 Å². The first-order chi connectivity index (χ1) is 22.6. The van der Waals surface area contributed by atoms with Crippen LogP contribution in [0.3, 0.4) is 0 Å². The highest BCUT2D eigenvalue weighted by atomic mass is 35.5. The summed E-state index contributed by atoms with van der Waals surface area (Å²) in [5.41, 5.74) is 6.74. The number of benzene rings is 3. The molecule has 248 valence electrons. The Labute approximate surface area is 276 Å². The number of nitrogens with one attached hydrogen (secondary N) is 1. The standard InChI is InChI=1S/C33H37ClFN7O5/c1-5-26(36)32(44)39-14-16-40(17-15-39)42-30(38-27-12-6-21(34)18-25(27)31(42)43)20(2)41(28-13-11-24(46-3)19-29(28)47-4)33(45)37-23-9-7-22(35)8-10-23/h6-13,18-20,26H,5,14-17,36H2,1-4H3,(H,37,45). The van der Waals surface area contributed by atoms with Gasteiger partial charge in [0.2, 0.25) is 5.91 Å². The van der Waals surface area contributed by atoms with E-state index in [1.807, 2.05) is 11.9 Å². The van der Waals surface area contributed by atoms with Crippen molar-refractivity contribution in [2.45, 2.75) is 32.4 Å². The van der Waals surface area contributed by atoms with Crippen LogP contribution < -0.4 is 36.0 Å². The van der Waals surface area contributed by atoms with E-state index in [0.29, 0.717) is 71.4 Å². The Morgan fingerprint density at radius 1 is 1.04 bits per heavy atom. The Bertz CT molecular complexity index is 1830. The molecule has 3 amide bonds. The SMILES string of the molecule is CCC(N)C(=O)N1CCN(n2c(C(C)N(C(=O)Nc3ccc(F)cc3)c3ccc(OC)cc3OC)nc3ccc(Cl)cc3c2=O)CC1. The molecule has 12 nitrogen and oxygen atoms in total. The third kappa shape index (κ3) is 6.96. The minimum Gasteiger partial charge on any atom is -0.497 e. The van der Waals surface area contributed by atoms with Gasteiger partial charge in [-0.3, -0.25) is 14.5 Å². The van der Waals surface area contributed by atoms with Crippen molar-refractivity contribution >= 4 is 45.8 Å². The van der Waals surface area contributed by atoms with Gasteiger partial charge in [-0.1, -0.05) is 18.5 Å². The number of urea groups is 1. The summed E-state index contributed by atoms with van der Waals surface area (Å²) in [6.45, 7) is 4.89. The number of carbonyl (C=O) groups excluding carboxylic acids is 2. The highest BCUT2D eigenvalue weighted by molar-refractivity contribution is 6.31. The Morgan fingerprint density at radius 3 is 2.38 bits per heavy atom. The highest BCUT2D eigenvalue weighted by Gasteiger charge is 2.33. The number of piperazine rings is 1. The summed E-state index contributed by atoms with van der Waals surface area (Å²) >= 11 is 6.29. The number of ether oxygens (including phenoxy) is 2. The molecule has 0 spiro atoms. The summed E-state index contributed by atoms with van der Waals surface area (Å²) in [4.78, 5) is 49.3. The van der Waals surface area contributed by atoms with E-state index < -0.39 is 23.9 Å². The molecule has 47 heavy (non-hydrogen) atoms. The van der Waals surface area contributed by atoms with Crippen molar-refractivity contribution in [3.05, 3.63) is 87.7 Å². The molecule has 3 N–H and O–H groups in total. The van der Waals surface area contributed by atoms with E-state index in [-0.39, 0.29) is 17.3 Å². The number of halogens is 2. The number of hydrogen-bond acceptors (Lipinski definition) is 8. The van der Waals surface area contributed by atoms with E-state index in [0.717, 1.165) is 0 Å². The quantitative estimate of drug-likeness (QED) is 0.267. The van der Waals surface area contributed by atoms with E-state index in [1.165, 1.54) is 48.1 Å². The molecule has 4 aromatic rings. The van der Waals surface area contributed by atoms with Crippen LogP contribution in [0, 0.1) is 5.82 Å². The Kier molecular flexibility index (Phi) is 10.2. The van der Waals surface area contributed by atoms with Crippen LogP contribution in [0.15, 0.2) is 65.5 Å². The number of carbonyl (C=O) groups is 2. The van der Waals surface area contributed by atoms with Gasteiger partial charge in [-0.15, -0.1) is 0 Å². The number of fused-ring (bicyclic) bond motifs is 1. The van der Waals surface area contributed by atoms with Gasteiger partial charge in [0.25, 0.3) is 5.56 Å². The second kappa shape index (κ2) is 14.3. The van der Waals surface area contributed by atoms with Gasteiger partial charge in [0.05, 0.1) is 56.0 Å². The smallest absolute Gasteiger partial charge is 0.327 e. The summed E-state index contributed by atoms with van der Waals surface area (Å²) < 4.78 is 26.2. The van der Waals surface area contributed by atoms with Gasteiger partial charge in [0.1, 0.15) is 17.3 Å². The van der Waals surface area contributed by atoms with Gasteiger partial charge in [-0.05, 0) is 67.9 Å². The van der Waals surface area contributed by atoms with E-state index in [1.54, 1.807) is 48.2 Å². The summed E-state index contributed by atoms with van der Waals surface area (Å²) in [6.07, 6.45) is 0.514. The van der Waals surface area contributed by atoms with Crippen LogP contribution in [0.2, 0.25) is 5.02 Å². The molecular formula is C33H37ClFN7O5. The zero-order valence-corrected chi connectivity index (χ0v) is 27.3. The van der Waals surface area contributed by atoms with Crippen LogP contribution in [-0.2, 0) is 4.79 Å². The normalized spacial score (nSPS) is 14.4. The third-order valence-corrected chi connectivity index (χ3v) is 8.40. The fourth-order valence-electron chi connectivity index (χ4n) is 5.55. The molecule has 1 aromatic heterocycles. The molecule has 0 radical (unpaired) electrons. The number of aromatic nitrogens is 2. The Morgan fingerprint density at radius 2 is 1.74 bits per heavy atom. The zero-order valence-electron chi connectivity index (χ0n) is 26.6. The van der Waals surface area contributed by atoms with Crippen LogP contribution in [0.5, 0.6) is 11.5 Å². The van der Waals surface area contributed by atoms with Crippen molar-refractivity contribution in [2.75, 3.05) is 55.6 Å². The largest absolute Gasteiger partial charge is 0.497 e. The zero-order chi connectivity index (χ0) is 33.8. The maximum Gasteiger partial charge on any atom is 0.327 e. The molecule has 14 heteroatoms. The van der Waals surface area contributed by atoms with Gasteiger partial charge < -0.3 is 30.4 Å². The molecule has 1 fully saturated rings. The summed E-state index contributed by atoms with van der Waals surface area (Å²) in [6, 6.07) is 13.1. The van der Waals surface area contributed by atoms with Crippen LogP contribution in [-0.4, -0.2) is 72.9 Å². The maximum absolute atomic E-state index is 14.3. The van der Waals surface area contributed by atoms with Crippen molar-refractivity contribution in [1.82, 2.24) is 14.6 Å². The van der Waals surface area contributed by atoms with Crippen molar-refractivity contribution < 1.29 is 23.5 Å². The molecule has 3 aromatic carbocycles. The van der Waals surface area contributed by atoms with Crippen molar-refractivity contribution in [1.29, 1.82) is 0 Å². The topological polar surface area (TPSA) is 135 Å². The Balaban J connectivity index is 1.63. The summed E-state index contributed by atoms with van der Waals surface area (Å²) in [7, 11) is 2.99. The predicted molar refractivity (Wildman–Crippen MR) is 180 cm³/mol. The molecule has 5 rings (SSSR count). The fraction of sp³-hybridized carbons (Fsp3) is 0.333. The maximum atomic E-state index is 14.3. The molecule has 1 aliphatic rings. The average molecular weight is 666 g/mol. The molecule has 0 bridgehead atoms. The molecule has 1 aliphatic heterocycles.